The van der Waals surface area contributed by atoms with Crippen molar-refractivity contribution in [3.05, 3.63) is 59.7 Å². The molecule has 1 aliphatic heterocycles. The Labute approximate surface area is 151 Å². The number of phenolic OH excluding ortho intramolecular Hbond substituents is 1. The van der Waals surface area contributed by atoms with E-state index >= 15 is 0 Å². The first-order valence-corrected chi connectivity index (χ1v) is 8.36. The SMILES string of the molecule is CC(C)[C@H](C(=O)N(C)c1ccc(O)cc1)N1C(=O)c2ccccc2C1=O. The summed E-state index contributed by atoms with van der Waals surface area (Å²) in [7, 11) is 1.59. The third kappa shape index (κ3) is 2.83. The Morgan fingerprint density at radius 1 is 0.962 bits per heavy atom. The van der Waals surface area contributed by atoms with Crippen LogP contribution in [-0.2, 0) is 4.79 Å². The van der Waals surface area contributed by atoms with Crippen LogP contribution in [0.2, 0.25) is 0 Å². The van der Waals surface area contributed by atoms with Crippen LogP contribution in [0.15, 0.2) is 48.5 Å². The van der Waals surface area contributed by atoms with Crippen molar-refractivity contribution in [3.8, 4) is 5.75 Å². The van der Waals surface area contributed by atoms with Gasteiger partial charge in [-0.15, -0.1) is 0 Å². The monoisotopic (exact) mass is 352 g/mol. The molecule has 0 aliphatic carbocycles. The maximum atomic E-state index is 13.1. The fourth-order valence-electron chi connectivity index (χ4n) is 3.16. The number of hydrogen-bond acceptors (Lipinski definition) is 4. The second-order valence-electron chi connectivity index (χ2n) is 6.63. The van der Waals surface area contributed by atoms with E-state index < -0.39 is 17.9 Å². The Balaban J connectivity index is 1.95. The van der Waals surface area contributed by atoms with Gasteiger partial charge in [-0.25, -0.2) is 0 Å². The molecule has 0 unspecified atom stereocenters. The van der Waals surface area contributed by atoms with Gasteiger partial charge in [-0.3, -0.25) is 19.3 Å². The number of hydrogen-bond donors (Lipinski definition) is 1. The van der Waals surface area contributed by atoms with Crippen molar-refractivity contribution in [2.75, 3.05) is 11.9 Å². The highest BCUT2D eigenvalue weighted by Crippen LogP contribution is 2.29. The van der Waals surface area contributed by atoms with Gasteiger partial charge in [-0.2, -0.15) is 0 Å². The molecule has 3 rings (SSSR count). The molecule has 1 heterocycles. The highest BCUT2D eigenvalue weighted by atomic mass is 16.3. The summed E-state index contributed by atoms with van der Waals surface area (Å²) in [4.78, 5) is 41.1. The van der Waals surface area contributed by atoms with E-state index in [-0.39, 0.29) is 17.6 Å². The van der Waals surface area contributed by atoms with Crippen molar-refractivity contribution < 1.29 is 19.5 Å². The fourth-order valence-corrected chi connectivity index (χ4v) is 3.16. The Kier molecular flexibility index (Phi) is 4.50. The molecule has 0 fully saturated rings. The molecule has 0 radical (unpaired) electrons. The van der Waals surface area contributed by atoms with Crippen molar-refractivity contribution in [1.82, 2.24) is 4.90 Å². The van der Waals surface area contributed by atoms with Crippen molar-refractivity contribution in [3.63, 3.8) is 0 Å². The molecule has 134 valence electrons. The molecular weight excluding hydrogens is 332 g/mol. The molecule has 0 saturated carbocycles. The molecule has 2 aromatic rings. The van der Waals surface area contributed by atoms with Gasteiger partial charge in [0.25, 0.3) is 11.8 Å². The van der Waals surface area contributed by atoms with Crippen LogP contribution in [0.1, 0.15) is 34.6 Å². The van der Waals surface area contributed by atoms with Crippen LogP contribution in [0.3, 0.4) is 0 Å². The quantitative estimate of drug-likeness (QED) is 0.858. The van der Waals surface area contributed by atoms with Crippen LogP contribution in [0.5, 0.6) is 5.75 Å². The number of nitrogens with zero attached hydrogens (tertiary/aromatic N) is 2. The molecule has 0 aromatic heterocycles. The second-order valence-corrected chi connectivity index (χ2v) is 6.63. The molecule has 0 bridgehead atoms. The summed E-state index contributed by atoms with van der Waals surface area (Å²) in [6.07, 6.45) is 0. The molecule has 0 spiro atoms. The molecule has 3 amide bonds. The summed E-state index contributed by atoms with van der Waals surface area (Å²) in [5, 5.41) is 9.42. The van der Waals surface area contributed by atoms with Gasteiger partial charge in [-0.05, 0) is 42.3 Å². The lowest BCUT2D eigenvalue weighted by Crippen LogP contribution is -2.52. The highest BCUT2D eigenvalue weighted by Gasteiger charge is 2.44. The van der Waals surface area contributed by atoms with Gasteiger partial charge < -0.3 is 10.0 Å². The summed E-state index contributed by atoms with van der Waals surface area (Å²) >= 11 is 0. The van der Waals surface area contributed by atoms with Crippen LogP contribution in [-0.4, -0.2) is 40.8 Å². The number of carbonyl (C=O) groups excluding carboxylic acids is 3. The number of amides is 3. The molecule has 1 aliphatic rings. The Bertz CT molecular complexity index is 839. The molecule has 26 heavy (non-hydrogen) atoms. The van der Waals surface area contributed by atoms with E-state index in [9.17, 15) is 19.5 Å². The minimum atomic E-state index is -0.916. The highest BCUT2D eigenvalue weighted by molar-refractivity contribution is 6.23. The Morgan fingerprint density at radius 3 is 1.92 bits per heavy atom. The van der Waals surface area contributed by atoms with Gasteiger partial charge in [0, 0.05) is 12.7 Å². The van der Waals surface area contributed by atoms with Gasteiger partial charge in [0.15, 0.2) is 0 Å². The number of likely N-dealkylation sites (N-methyl/N-ethyl adjacent to an activating group) is 1. The normalized spacial score (nSPS) is 14.5. The number of fused-ring (bicyclic) bond motifs is 1. The van der Waals surface area contributed by atoms with E-state index in [1.54, 1.807) is 57.3 Å². The smallest absolute Gasteiger partial charge is 0.262 e. The van der Waals surface area contributed by atoms with Crippen molar-refractivity contribution in [2.24, 2.45) is 5.92 Å². The summed E-state index contributed by atoms with van der Waals surface area (Å²) in [6, 6.07) is 11.8. The van der Waals surface area contributed by atoms with Gasteiger partial charge in [0.05, 0.1) is 11.1 Å². The predicted molar refractivity (Wildman–Crippen MR) is 97.1 cm³/mol. The molecule has 1 N–H and O–H groups in total. The Morgan fingerprint density at radius 2 is 1.46 bits per heavy atom. The molecular formula is C20H20N2O4. The van der Waals surface area contributed by atoms with Crippen molar-refractivity contribution in [2.45, 2.75) is 19.9 Å². The lowest BCUT2D eigenvalue weighted by atomic mass is 10.0. The number of rotatable bonds is 4. The van der Waals surface area contributed by atoms with E-state index in [1.807, 2.05) is 0 Å². The van der Waals surface area contributed by atoms with Crippen LogP contribution in [0.4, 0.5) is 5.69 Å². The number of phenols is 1. The van der Waals surface area contributed by atoms with Crippen LogP contribution >= 0.6 is 0 Å². The van der Waals surface area contributed by atoms with E-state index in [0.29, 0.717) is 16.8 Å². The number of anilines is 1. The zero-order valence-electron chi connectivity index (χ0n) is 14.8. The predicted octanol–water partition coefficient (Wildman–Crippen LogP) is 2.68. The second kappa shape index (κ2) is 6.63. The van der Waals surface area contributed by atoms with Gasteiger partial charge in [-0.1, -0.05) is 26.0 Å². The summed E-state index contributed by atoms with van der Waals surface area (Å²) in [5.41, 5.74) is 1.21. The average Bonchev–Trinajstić information content (AvgIpc) is 2.87. The first-order valence-electron chi connectivity index (χ1n) is 8.36. The molecule has 1 atom stereocenters. The van der Waals surface area contributed by atoms with Gasteiger partial charge in [0.2, 0.25) is 5.91 Å². The number of imide groups is 1. The van der Waals surface area contributed by atoms with E-state index in [1.165, 1.54) is 17.0 Å². The first-order chi connectivity index (χ1) is 12.3. The standard InChI is InChI=1S/C20H20N2O4/c1-12(2)17(20(26)21(3)13-8-10-14(23)11-9-13)22-18(24)15-6-4-5-7-16(15)19(22)25/h4-12,17,23H,1-3H3/t17-/m1/s1. The molecule has 6 heteroatoms. The molecule has 0 saturated heterocycles. The first kappa shape index (κ1) is 17.7. The lowest BCUT2D eigenvalue weighted by Gasteiger charge is -2.32. The maximum Gasteiger partial charge on any atom is 0.262 e. The number of aromatic hydroxyl groups is 1. The van der Waals surface area contributed by atoms with Crippen molar-refractivity contribution in [1.29, 1.82) is 0 Å². The molecule has 2 aromatic carbocycles. The van der Waals surface area contributed by atoms with E-state index in [0.717, 1.165) is 4.90 Å². The van der Waals surface area contributed by atoms with Gasteiger partial charge in [0.1, 0.15) is 11.8 Å². The number of benzene rings is 2. The van der Waals surface area contributed by atoms with Crippen LogP contribution < -0.4 is 4.90 Å². The summed E-state index contributed by atoms with van der Waals surface area (Å²) in [6.45, 7) is 3.60. The minimum absolute atomic E-state index is 0.0929. The van der Waals surface area contributed by atoms with Crippen LogP contribution in [0.25, 0.3) is 0 Å². The summed E-state index contributed by atoms with van der Waals surface area (Å²) in [5.74, 6) is -1.42. The van der Waals surface area contributed by atoms with Gasteiger partial charge >= 0.3 is 0 Å². The minimum Gasteiger partial charge on any atom is -0.508 e. The summed E-state index contributed by atoms with van der Waals surface area (Å²) < 4.78 is 0. The van der Waals surface area contributed by atoms with Crippen molar-refractivity contribution >= 4 is 23.4 Å². The fraction of sp³-hybridized carbons (Fsp3) is 0.250. The Hall–Kier alpha value is -3.15. The zero-order chi connectivity index (χ0) is 19.0. The lowest BCUT2D eigenvalue weighted by molar-refractivity contribution is -0.123. The zero-order valence-corrected chi connectivity index (χ0v) is 14.8. The number of carbonyl (C=O) groups is 3. The molecule has 6 nitrogen and oxygen atoms in total. The maximum absolute atomic E-state index is 13.1. The van der Waals surface area contributed by atoms with E-state index in [4.69, 9.17) is 0 Å². The topological polar surface area (TPSA) is 77.9 Å². The van der Waals surface area contributed by atoms with E-state index in [2.05, 4.69) is 0 Å². The average molecular weight is 352 g/mol. The third-order valence-electron chi connectivity index (χ3n) is 4.56. The third-order valence-corrected chi connectivity index (χ3v) is 4.56. The largest absolute Gasteiger partial charge is 0.508 e. The van der Waals surface area contributed by atoms with Crippen LogP contribution in [0, 0.1) is 5.92 Å².